The first-order chi connectivity index (χ1) is 10.6. The second kappa shape index (κ2) is 8.29. The van der Waals surface area contributed by atoms with Crippen LogP contribution in [0.25, 0.3) is 0 Å². The van der Waals surface area contributed by atoms with Gasteiger partial charge in [-0.3, -0.25) is 4.79 Å². The van der Waals surface area contributed by atoms with E-state index >= 15 is 0 Å². The molecule has 2 N–H and O–H groups in total. The average molecular weight is 340 g/mol. The number of nitrogens with one attached hydrogen (secondary N) is 1. The van der Waals surface area contributed by atoms with Crippen molar-refractivity contribution in [1.29, 1.82) is 0 Å². The molecular weight excluding hydrogens is 322 g/mol. The standard InChI is InChI=1S/C16H18ClNO3S/c1-11-2-4-12(5-3-11)13(21-9-8-19)10-18-16(20)14-6-7-15(17)22-14/h2-7,13,19H,8-10H2,1H3,(H,18,20). The van der Waals surface area contributed by atoms with E-state index in [0.717, 1.165) is 11.1 Å². The maximum absolute atomic E-state index is 12.1. The van der Waals surface area contributed by atoms with E-state index in [9.17, 15) is 4.79 Å². The molecule has 1 amide bonds. The molecule has 0 spiro atoms. The molecule has 1 aromatic carbocycles. The van der Waals surface area contributed by atoms with E-state index in [1.54, 1.807) is 12.1 Å². The van der Waals surface area contributed by atoms with Crippen LogP contribution in [0.2, 0.25) is 4.34 Å². The van der Waals surface area contributed by atoms with Gasteiger partial charge in [0.25, 0.3) is 5.91 Å². The molecule has 0 fully saturated rings. The quantitative estimate of drug-likeness (QED) is 0.814. The number of hydrogen-bond donors (Lipinski definition) is 2. The Bertz CT molecular complexity index is 612. The lowest BCUT2D eigenvalue weighted by Crippen LogP contribution is -2.29. The van der Waals surface area contributed by atoms with Crippen molar-refractivity contribution in [1.82, 2.24) is 5.32 Å². The molecule has 0 radical (unpaired) electrons. The molecule has 1 heterocycles. The van der Waals surface area contributed by atoms with Crippen LogP contribution in [0.3, 0.4) is 0 Å². The molecule has 0 aliphatic heterocycles. The molecule has 22 heavy (non-hydrogen) atoms. The maximum atomic E-state index is 12.1. The third kappa shape index (κ3) is 4.81. The van der Waals surface area contributed by atoms with Gasteiger partial charge in [-0.1, -0.05) is 41.4 Å². The number of aliphatic hydroxyl groups is 1. The van der Waals surface area contributed by atoms with E-state index < -0.39 is 0 Å². The van der Waals surface area contributed by atoms with Crippen LogP contribution in [0, 0.1) is 6.92 Å². The minimum atomic E-state index is -0.299. The molecule has 0 saturated carbocycles. The van der Waals surface area contributed by atoms with Gasteiger partial charge in [-0.15, -0.1) is 11.3 Å². The van der Waals surface area contributed by atoms with Crippen molar-refractivity contribution in [3.63, 3.8) is 0 Å². The number of amides is 1. The Morgan fingerprint density at radius 3 is 2.64 bits per heavy atom. The fraction of sp³-hybridized carbons (Fsp3) is 0.312. The van der Waals surface area contributed by atoms with Gasteiger partial charge in [0.15, 0.2) is 0 Å². The number of aryl methyl sites for hydroxylation is 1. The van der Waals surface area contributed by atoms with Crippen LogP contribution in [0.5, 0.6) is 0 Å². The van der Waals surface area contributed by atoms with Crippen molar-refractivity contribution in [2.24, 2.45) is 0 Å². The van der Waals surface area contributed by atoms with Crippen LogP contribution in [0.1, 0.15) is 26.9 Å². The lowest BCUT2D eigenvalue weighted by molar-refractivity contribution is 0.0277. The highest BCUT2D eigenvalue weighted by Crippen LogP contribution is 2.22. The number of benzene rings is 1. The van der Waals surface area contributed by atoms with Gasteiger partial charge in [-0.25, -0.2) is 0 Å². The number of carbonyl (C=O) groups is 1. The van der Waals surface area contributed by atoms with E-state index in [4.69, 9.17) is 21.4 Å². The molecule has 2 aromatic rings. The third-order valence-electron chi connectivity index (χ3n) is 3.10. The summed E-state index contributed by atoms with van der Waals surface area (Å²) < 4.78 is 6.20. The summed E-state index contributed by atoms with van der Waals surface area (Å²) in [5, 5.41) is 11.8. The smallest absolute Gasteiger partial charge is 0.261 e. The lowest BCUT2D eigenvalue weighted by atomic mass is 10.1. The van der Waals surface area contributed by atoms with Gasteiger partial charge in [0.1, 0.15) is 0 Å². The Hall–Kier alpha value is -1.40. The van der Waals surface area contributed by atoms with Gasteiger partial charge < -0.3 is 15.2 Å². The highest BCUT2D eigenvalue weighted by atomic mass is 35.5. The molecule has 1 atom stereocenters. The zero-order valence-electron chi connectivity index (χ0n) is 12.2. The van der Waals surface area contributed by atoms with Crippen molar-refractivity contribution >= 4 is 28.8 Å². The first-order valence-corrected chi connectivity index (χ1v) is 8.12. The van der Waals surface area contributed by atoms with Gasteiger partial charge in [-0.05, 0) is 24.6 Å². The SMILES string of the molecule is Cc1ccc(C(CNC(=O)c2ccc(Cl)s2)OCCO)cc1. The van der Waals surface area contributed by atoms with Crippen molar-refractivity contribution < 1.29 is 14.6 Å². The van der Waals surface area contributed by atoms with Crippen molar-refractivity contribution in [3.05, 3.63) is 56.7 Å². The summed E-state index contributed by atoms with van der Waals surface area (Å²) in [4.78, 5) is 12.6. The van der Waals surface area contributed by atoms with Crippen LogP contribution >= 0.6 is 22.9 Å². The van der Waals surface area contributed by atoms with E-state index in [0.29, 0.717) is 15.8 Å². The molecule has 0 aliphatic carbocycles. The number of thiophene rings is 1. The van der Waals surface area contributed by atoms with Crippen LogP contribution in [0.4, 0.5) is 0 Å². The van der Waals surface area contributed by atoms with E-state index in [2.05, 4.69) is 5.32 Å². The molecule has 118 valence electrons. The topological polar surface area (TPSA) is 58.6 Å². The molecule has 1 unspecified atom stereocenters. The summed E-state index contributed by atoms with van der Waals surface area (Å²) in [6.07, 6.45) is -0.299. The predicted molar refractivity (Wildman–Crippen MR) is 88.6 cm³/mol. The lowest BCUT2D eigenvalue weighted by Gasteiger charge is -2.18. The minimum Gasteiger partial charge on any atom is -0.394 e. The highest BCUT2D eigenvalue weighted by molar-refractivity contribution is 7.17. The Kier molecular flexibility index (Phi) is 6.39. The summed E-state index contributed by atoms with van der Waals surface area (Å²) in [6, 6.07) is 11.3. The zero-order chi connectivity index (χ0) is 15.9. The normalized spacial score (nSPS) is 12.1. The largest absolute Gasteiger partial charge is 0.394 e. The Balaban J connectivity index is 2.00. The summed E-state index contributed by atoms with van der Waals surface area (Å²) in [7, 11) is 0. The number of rotatable bonds is 7. The second-order valence-corrected chi connectivity index (χ2v) is 6.52. The molecule has 0 aliphatic rings. The number of halogens is 1. The number of ether oxygens (including phenoxy) is 1. The highest BCUT2D eigenvalue weighted by Gasteiger charge is 2.15. The van der Waals surface area contributed by atoms with Gasteiger partial charge in [0, 0.05) is 6.54 Å². The first-order valence-electron chi connectivity index (χ1n) is 6.92. The molecule has 0 bridgehead atoms. The van der Waals surface area contributed by atoms with Crippen LogP contribution in [-0.2, 0) is 4.74 Å². The Labute approximate surface area is 138 Å². The minimum absolute atomic E-state index is 0.0587. The summed E-state index contributed by atoms with van der Waals surface area (Å²) >= 11 is 7.07. The number of aliphatic hydroxyl groups excluding tert-OH is 1. The average Bonchev–Trinajstić information content (AvgIpc) is 2.95. The molecule has 4 nitrogen and oxygen atoms in total. The number of carbonyl (C=O) groups excluding carboxylic acids is 1. The fourth-order valence-corrected chi connectivity index (χ4v) is 2.92. The predicted octanol–water partition coefficient (Wildman–Crippen LogP) is 3.19. The summed E-state index contributed by atoms with van der Waals surface area (Å²) in [5.41, 5.74) is 2.12. The molecule has 0 saturated heterocycles. The van der Waals surface area contributed by atoms with Crippen LogP contribution in [0.15, 0.2) is 36.4 Å². The summed E-state index contributed by atoms with van der Waals surface area (Å²) in [6.45, 7) is 2.50. The molecule has 6 heteroatoms. The molecule has 1 aromatic heterocycles. The van der Waals surface area contributed by atoms with Gasteiger partial charge in [0.2, 0.25) is 0 Å². The molecular formula is C16H18ClNO3S. The zero-order valence-corrected chi connectivity index (χ0v) is 13.8. The third-order valence-corrected chi connectivity index (χ3v) is 4.33. The van der Waals surface area contributed by atoms with Gasteiger partial charge in [-0.2, -0.15) is 0 Å². The number of hydrogen-bond acceptors (Lipinski definition) is 4. The monoisotopic (exact) mass is 339 g/mol. The maximum Gasteiger partial charge on any atom is 0.261 e. The summed E-state index contributed by atoms with van der Waals surface area (Å²) in [5.74, 6) is -0.179. The van der Waals surface area contributed by atoms with Crippen molar-refractivity contribution in [3.8, 4) is 0 Å². The van der Waals surface area contributed by atoms with Crippen molar-refractivity contribution in [2.75, 3.05) is 19.8 Å². The van der Waals surface area contributed by atoms with Crippen LogP contribution < -0.4 is 5.32 Å². The fourth-order valence-electron chi connectivity index (χ4n) is 1.96. The molecule has 2 rings (SSSR count). The Morgan fingerprint density at radius 1 is 1.32 bits per heavy atom. The van der Waals surface area contributed by atoms with Crippen molar-refractivity contribution in [2.45, 2.75) is 13.0 Å². The second-order valence-electron chi connectivity index (χ2n) is 4.81. The van der Waals surface area contributed by atoms with E-state index in [-0.39, 0.29) is 25.2 Å². The van der Waals surface area contributed by atoms with Gasteiger partial charge >= 0.3 is 0 Å². The van der Waals surface area contributed by atoms with E-state index in [1.165, 1.54) is 11.3 Å². The Morgan fingerprint density at radius 2 is 2.05 bits per heavy atom. The van der Waals surface area contributed by atoms with Gasteiger partial charge in [0.05, 0.1) is 28.5 Å². The van der Waals surface area contributed by atoms with Crippen LogP contribution in [-0.4, -0.2) is 30.8 Å². The van der Waals surface area contributed by atoms with E-state index in [1.807, 2.05) is 31.2 Å². The first kappa shape index (κ1) is 17.0.